The number of nitrogens with one attached hydrogen (secondary N) is 3. The lowest BCUT2D eigenvalue weighted by atomic mass is 10.2. The van der Waals surface area contributed by atoms with Crippen molar-refractivity contribution in [3.05, 3.63) is 18.2 Å². The van der Waals surface area contributed by atoms with Crippen LogP contribution in [0.25, 0.3) is 0 Å². The van der Waals surface area contributed by atoms with Crippen molar-refractivity contribution in [2.45, 2.75) is 0 Å². The molecule has 7 heteroatoms. The lowest BCUT2D eigenvalue weighted by Crippen LogP contribution is -3.06. The molecule has 116 valence electrons. The first-order valence-electron chi connectivity index (χ1n) is 6.58. The first kappa shape index (κ1) is 16.8. The van der Waals surface area contributed by atoms with Crippen LogP contribution in [0, 0.1) is 0 Å². The predicted octanol–water partition coefficient (Wildman–Crippen LogP) is -1.10. The van der Waals surface area contributed by atoms with E-state index in [1.165, 1.54) is 19.1 Å². The van der Waals surface area contributed by atoms with Crippen LogP contribution >= 0.6 is 0 Å². The molecule has 0 aliphatic rings. The number of benzene rings is 1. The fourth-order valence-electron chi connectivity index (χ4n) is 1.61. The van der Waals surface area contributed by atoms with E-state index in [1.54, 1.807) is 18.2 Å². The van der Waals surface area contributed by atoms with Crippen molar-refractivity contribution in [3.8, 4) is 11.5 Å². The third-order valence-corrected chi connectivity index (χ3v) is 2.76. The maximum atomic E-state index is 11.7. The molecule has 0 fully saturated rings. The minimum Gasteiger partial charge on any atom is -0.493 e. The molecule has 1 aromatic carbocycles. The number of ether oxygens (including phenoxy) is 2. The monoisotopic (exact) mass is 296 g/mol. The van der Waals surface area contributed by atoms with Crippen LogP contribution < -0.4 is 25.0 Å². The number of quaternary nitrogens is 1. The lowest BCUT2D eigenvalue weighted by Gasteiger charge is -2.11. The normalized spacial score (nSPS) is 10.1. The Labute approximate surface area is 124 Å². The molecule has 0 aliphatic carbocycles. The average molecular weight is 296 g/mol. The highest BCUT2D eigenvalue weighted by Crippen LogP contribution is 2.29. The van der Waals surface area contributed by atoms with Gasteiger partial charge in [-0.2, -0.15) is 0 Å². The summed E-state index contributed by atoms with van der Waals surface area (Å²) < 4.78 is 10.2. The maximum absolute atomic E-state index is 11.7. The van der Waals surface area contributed by atoms with Gasteiger partial charge in [0.15, 0.2) is 11.5 Å². The minimum absolute atomic E-state index is 0.445. The summed E-state index contributed by atoms with van der Waals surface area (Å²) in [5.74, 6) is -0.345. The summed E-state index contributed by atoms with van der Waals surface area (Å²) in [5, 5.41) is 5.07. The van der Waals surface area contributed by atoms with Gasteiger partial charge in [0.2, 0.25) is 0 Å². The Morgan fingerprint density at radius 3 is 2.33 bits per heavy atom. The SMILES string of the molecule is COc1ccc(NC(=O)C(=O)NCC[NH+](C)C)cc1OC. The molecule has 0 spiro atoms. The third-order valence-electron chi connectivity index (χ3n) is 2.76. The van der Waals surface area contributed by atoms with Gasteiger partial charge >= 0.3 is 11.8 Å². The molecule has 1 rings (SSSR count). The molecule has 0 radical (unpaired) electrons. The van der Waals surface area contributed by atoms with Crippen LogP contribution in [0.4, 0.5) is 5.69 Å². The summed E-state index contributed by atoms with van der Waals surface area (Å²) in [5.41, 5.74) is 0.464. The quantitative estimate of drug-likeness (QED) is 0.582. The van der Waals surface area contributed by atoms with E-state index < -0.39 is 11.8 Å². The van der Waals surface area contributed by atoms with Gasteiger partial charge in [0.05, 0.1) is 41.4 Å². The number of carbonyl (C=O) groups is 2. The lowest BCUT2D eigenvalue weighted by molar-refractivity contribution is -0.856. The number of hydrogen-bond donors (Lipinski definition) is 3. The van der Waals surface area contributed by atoms with Gasteiger partial charge in [-0.25, -0.2) is 0 Å². The van der Waals surface area contributed by atoms with Crippen LogP contribution in [0.2, 0.25) is 0 Å². The van der Waals surface area contributed by atoms with E-state index in [-0.39, 0.29) is 0 Å². The summed E-state index contributed by atoms with van der Waals surface area (Å²) in [6.45, 7) is 1.19. The zero-order valence-electron chi connectivity index (χ0n) is 12.8. The Morgan fingerprint density at radius 1 is 1.10 bits per heavy atom. The molecule has 0 saturated carbocycles. The van der Waals surface area contributed by atoms with Crippen molar-refractivity contribution in [1.29, 1.82) is 0 Å². The average Bonchev–Trinajstić information content (AvgIpc) is 2.46. The zero-order chi connectivity index (χ0) is 15.8. The summed E-state index contributed by atoms with van der Waals surface area (Å²) in [6, 6.07) is 4.88. The second kappa shape index (κ2) is 8.11. The number of hydrogen-bond acceptors (Lipinski definition) is 4. The summed E-state index contributed by atoms with van der Waals surface area (Å²) >= 11 is 0. The molecule has 3 N–H and O–H groups in total. The van der Waals surface area contributed by atoms with E-state index in [9.17, 15) is 9.59 Å². The number of amides is 2. The van der Waals surface area contributed by atoms with E-state index in [0.29, 0.717) is 23.7 Å². The first-order valence-corrected chi connectivity index (χ1v) is 6.58. The van der Waals surface area contributed by atoms with Crippen molar-refractivity contribution in [1.82, 2.24) is 5.32 Å². The van der Waals surface area contributed by atoms with Crippen LogP contribution in [0.5, 0.6) is 11.5 Å². The Bertz CT molecular complexity index is 503. The Hall–Kier alpha value is -2.28. The van der Waals surface area contributed by atoms with Crippen LogP contribution in [0.3, 0.4) is 0 Å². The molecular formula is C14H22N3O4+. The number of carbonyl (C=O) groups excluding carboxylic acids is 2. The van der Waals surface area contributed by atoms with Gasteiger partial charge in [-0.15, -0.1) is 0 Å². The molecule has 0 heterocycles. The van der Waals surface area contributed by atoms with Crippen LogP contribution in [-0.4, -0.2) is 53.2 Å². The maximum Gasteiger partial charge on any atom is 0.313 e. The van der Waals surface area contributed by atoms with Gasteiger partial charge in [-0.3, -0.25) is 9.59 Å². The van der Waals surface area contributed by atoms with Crippen LogP contribution in [-0.2, 0) is 9.59 Å². The molecular weight excluding hydrogens is 274 g/mol. The highest BCUT2D eigenvalue weighted by molar-refractivity contribution is 6.39. The number of methoxy groups -OCH3 is 2. The van der Waals surface area contributed by atoms with Gasteiger partial charge in [0, 0.05) is 11.8 Å². The van der Waals surface area contributed by atoms with Gasteiger partial charge in [0.25, 0.3) is 0 Å². The molecule has 1 aromatic rings. The molecule has 21 heavy (non-hydrogen) atoms. The predicted molar refractivity (Wildman–Crippen MR) is 78.9 cm³/mol. The molecule has 2 amide bonds. The minimum atomic E-state index is -0.712. The van der Waals surface area contributed by atoms with Crippen LogP contribution in [0.1, 0.15) is 0 Å². The smallest absolute Gasteiger partial charge is 0.313 e. The summed E-state index contributed by atoms with van der Waals surface area (Å²) in [6.07, 6.45) is 0. The molecule has 7 nitrogen and oxygen atoms in total. The third kappa shape index (κ3) is 5.31. The fraction of sp³-hybridized carbons (Fsp3) is 0.429. The second-order valence-electron chi connectivity index (χ2n) is 4.74. The molecule has 0 unspecified atom stereocenters. The standard InChI is InChI=1S/C14H21N3O4/c1-17(2)8-7-15-13(18)14(19)16-10-5-6-11(20-3)12(9-10)21-4/h5-6,9H,7-8H2,1-4H3,(H,15,18)(H,16,19)/p+1. The van der Waals surface area contributed by atoms with Crippen molar-refractivity contribution >= 4 is 17.5 Å². The van der Waals surface area contributed by atoms with E-state index in [4.69, 9.17) is 9.47 Å². The molecule has 0 bridgehead atoms. The number of rotatable bonds is 6. The molecule has 0 aromatic heterocycles. The van der Waals surface area contributed by atoms with Gasteiger partial charge in [-0.1, -0.05) is 0 Å². The van der Waals surface area contributed by atoms with E-state index in [0.717, 1.165) is 6.54 Å². The molecule has 0 aliphatic heterocycles. The van der Waals surface area contributed by atoms with Crippen molar-refractivity contribution in [2.75, 3.05) is 46.7 Å². The zero-order valence-corrected chi connectivity index (χ0v) is 12.8. The first-order chi connectivity index (χ1) is 9.97. The van der Waals surface area contributed by atoms with Gasteiger partial charge in [0.1, 0.15) is 0 Å². The number of anilines is 1. The summed E-state index contributed by atoms with van der Waals surface area (Å²) in [7, 11) is 6.96. The largest absolute Gasteiger partial charge is 0.493 e. The summed E-state index contributed by atoms with van der Waals surface area (Å²) in [4.78, 5) is 24.5. The van der Waals surface area contributed by atoms with Crippen molar-refractivity contribution in [2.24, 2.45) is 0 Å². The fourth-order valence-corrected chi connectivity index (χ4v) is 1.61. The Balaban J connectivity index is 2.60. The van der Waals surface area contributed by atoms with Crippen molar-refractivity contribution < 1.29 is 24.0 Å². The van der Waals surface area contributed by atoms with Crippen molar-refractivity contribution in [3.63, 3.8) is 0 Å². The Kier molecular flexibility index (Phi) is 6.48. The molecule has 0 saturated heterocycles. The highest BCUT2D eigenvalue weighted by atomic mass is 16.5. The molecule has 0 atom stereocenters. The van der Waals surface area contributed by atoms with E-state index >= 15 is 0 Å². The van der Waals surface area contributed by atoms with Crippen LogP contribution in [0.15, 0.2) is 18.2 Å². The highest BCUT2D eigenvalue weighted by Gasteiger charge is 2.14. The number of likely N-dealkylation sites (N-methyl/N-ethyl adjacent to an activating group) is 1. The van der Waals surface area contributed by atoms with Gasteiger partial charge < -0.3 is 25.0 Å². The van der Waals surface area contributed by atoms with E-state index in [1.807, 2.05) is 14.1 Å². The van der Waals surface area contributed by atoms with Gasteiger partial charge in [-0.05, 0) is 12.1 Å². The van der Waals surface area contributed by atoms with E-state index in [2.05, 4.69) is 10.6 Å². The topological polar surface area (TPSA) is 81.1 Å². The Morgan fingerprint density at radius 2 is 1.76 bits per heavy atom. The second-order valence-corrected chi connectivity index (χ2v) is 4.74.